The molecular formula is C9H7F4NO2. The van der Waals surface area contributed by atoms with Crippen molar-refractivity contribution in [3.8, 4) is 0 Å². The second-order valence-corrected chi connectivity index (χ2v) is 3.43. The monoisotopic (exact) mass is 237 g/mol. The molecule has 3 nitrogen and oxygen atoms in total. The number of rotatable bonds is 2. The fourth-order valence-electron chi connectivity index (χ4n) is 1.30. The number of halogens is 4. The molecule has 1 rings (SSSR count). The third kappa shape index (κ3) is 1.72. The zero-order valence-corrected chi connectivity index (χ0v) is 8.35. The van der Waals surface area contributed by atoms with Crippen LogP contribution in [0.2, 0.25) is 0 Å². The van der Waals surface area contributed by atoms with E-state index < -0.39 is 45.4 Å². The van der Waals surface area contributed by atoms with Gasteiger partial charge in [0, 0.05) is 5.56 Å². The molecule has 0 spiro atoms. The normalized spacial score (nSPS) is 10.9. The van der Waals surface area contributed by atoms with Gasteiger partial charge in [-0.05, 0) is 5.92 Å². The average molecular weight is 237 g/mol. The zero-order valence-electron chi connectivity index (χ0n) is 8.35. The summed E-state index contributed by atoms with van der Waals surface area (Å²) in [4.78, 5) is 8.72. The fourth-order valence-corrected chi connectivity index (χ4v) is 1.30. The minimum Gasteiger partial charge on any atom is -0.258 e. The molecule has 1 aromatic rings. The topological polar surface area (TPSA) is 43.1 Å². The van der Waals surface area contributed by atoms with Crippen LogP contribution >= 0.6 is 0 Å². The lowest BCUT2D eigenvalue weighted by Crippen LogP contribution is -2.09. The van der Waals surface area contributed by atoms with Crippen molar-refractivity contribution < 1.29 is 22.5 Å². The van der Waals surface area contributed by atoms with Gasteiger partial charge in [0.1, 0.15) is 0 Å². The van der Waals surface area contributed by atoms with Gasteiger partial charge in [0.2, 0.25) is 11.6 Å². The molecule has 0 saturated heterocycles. The van der Waals surface area contributed by atoms with Gasteiger partial charge < -0.3 is 0 Å². The Hall–Kier alpha value is -1.66. The molecule has 0 aromatic heterocycles. The number of hydrogen-bond donors (Lipinski definition) is 0. The molecule has 0 aliphatic rings. The Morgan fingerprint density at radius 3 is 1.62 bits per heavy atom. The van der Waals surface area contributed by atoms with Crippen molar-refractivity contribution in [3.05, 3.63) is 38.9 Å². The van der Waals surface area contributed by atoms with Gasteiger partial charge in [-0.2, -0.15) is 8.78 Å². The van der Waals surface area contributed by atoms with Crippen LogP contribution in [-0.2, 0) is 0 Å². The van der Waals surface area contributed by atoms with Gasteiger partial charge in [-0.25, -0.2) is 8.78 Å². The van der Waals surface area contributed by atoms with Crippen LogP contribution in [0, 0.1) is 33.4 Å². The van der Waals surface area contributed by atoms with Gasteiger partial charge in [-0.3, -0.25) is 10.1 Å². The first-order valence-corrected chi connectivity index (χ1v) is 4.29. The molecule has 0 fully saturated rings. The Labute approximate surface area is 87.8 Å². The summed E-state index contributed by atoms with van der Waals surface area (Å²) in [5.41, 5.74) is -2.64. The van der Waals surface area contributed by atoms with E-state index in [1.165, 1.54) is 13.8 Å². The predicted molar refractivity (Wildman–Crippen MR) is 47.0 cm³/mol. The standard InChI is InChI=1S/C9H7F4NO2/c1-3(2)4-5(10)7(12)9(14(15)16)8(13)6(4)11/h3H,1-2H3. The fraction of sp³-hybridized carbons (Fsp3) is 0.333. The quantitative estimate of drug-likeness (QED) is 0.343. The molecule has 0 heterocycles. The van der Waals surface area contributed by atoms with E-state index >= 15 is 0 Å². The van der Waals surface area contributed by atoms with Crippen LogP contribution in [0.25, 0.3) is 0 Å². The second kappa shape index (κ2) is 4.07. The molecule has 0 atom stereocenters. The number of nitrogens with zero attached hydrogens (tertiary/aromatic N) is 1. The largest absolute Gasteiger partial charge is 0.346 e. The lowest BCUT2D eigenvalue weighted by Gasteiger charge is -2.10. The minimum atomic E-state index is -1.98. The highest BCUT2D eigenvalue weighted by Crippen LogP contribution is 2.33. The van der Waals surface area contributed by atoms with E-state index in [0.717, 1.165) is 0 Å². The van der Waals surface area contributed by atoms with E-state index in [2.05, 4.69) is 0 Å². The maximum atomic E-state index is 13.2. The van der Waals surface area contributed by atoms with Crippen molar-refractivity contribution in [2.45, 2.75) is 19.8 Å². The Balaban J connectivity index is 3.70. The van der Waals surface area contributed by atoms with Crippen LogP contribution in [0.4, 0.5) is 23.2 Å². The van der Waals surface area contributed by atoms with Gasteiger partial charge in [0.15, 0.2) is 11.6 Å². The first kappa shape index (κ1) is 12.4. The van der Waals surface area contributed by atoms with Crippen molar-refractivity contribution in [1.29, 1.82) is 0 Å². The smallest absolute Gasteiger partial charge is 0.258 e. The molecular weight excluding hydrogens is 230 g/mol. The lowest BCUT2D eigenvalue weighted by atomic mass is 10.0. The van der Waals surface area contributed by atoms with Gasteiger partial charge in [0.25, 0.3) is 0 Å². The molecule has 88 valence electrons. The molecule has 0 radical (unpaired) electrons. The number of hydrogen-bond acceptors (Lipinski definition) is 2. The maximum absolute atomic E-state index is 13.2. The van der Waals surface area contributed by atoms with Crippen LogP contribution in [0.5, 0.6) is 0 Å². The summed E-state index contributed by atoms with van der Waals surface area (Å²) in [5, 5.41) is 10.2. The molecule has 1 aromatic carbocycles. The Morgan fingerprint density at radius 1 is 1.00 bits per heavy atom. The lowest BCUT2D eigenvalue weighted by molar-refractivity contribution is -0.390. The first-order chi connectivity index (χ1) is 7.29. The van der Waals surface area contributed by atoms with Gasteiger partial charge >= 0.3 is 5.69 Å². The molecule has 7 heteroatoms. The third-order valence-corrected chi connectivity index (χ3v) is 2.03. The summed E-state index contributed by atoms with van der Waals surface area (Å²) >= 11 is 0. The highest BCUT2D eigenvalue weighted by molar-refractivity contribution is 5.40. The van der Waals surface area contributed by atoms with Crippen molar-refractivity contribution >= 4 is 5.69 Å². The van der Waals surface area contributed by atoms with E-state index in [-0.39, 0.29) is 0 Å². The number of benzene rings is 1. The summed E-state index contributed by atoms with van der Waals surface area (Å²) in [7, 11) is 0. The Kier molecular flexibility index (Phi) is 3.16. The summed E-state index contributed by atoms with van der Waals surface area (Å²) in [5.74, 6) is -8.23. The highest BCUT2D eigenvalue weighted by Gasteiger charge is 2.33. The number of nitro benzene ring substituents is 1. The van der Waals surface area contributed by atoms with Crippen molar-refractivity contribution in [2.75, 3.05) is 0 Å². The molecule has 0 bridgehead atoms. The zero-order chi connectivity index (χ0) is 12.6. The Morgan fingerprint density at radius 2 is 1.38 bits per heavy atom. The minimum absolute atomic E-state index is 0.829. The third-order valence-electron chi connectivity index (χ3n) is 2.03. The van der Waals surface area contributed by atoms with Crippen LogP contribution in [-0.4, -0.2) is 4.92 Å². The summed E-state index contributed by atoms with van der Waals surface area (Å²) in [6, 6.07) is 0. The summed E-state index contributed by atoms with van der Waals surface area (Å²) in [6.45, 7) is 2.62. The molecule has 0 N–H and O–H groups in total. The molecule has 0 amide bonds. The first-order valence-electron chi connectivity index (χ1n) is 4.29. The molecule has 16 heavy (non-hydrogen) atoms. The van der Waals surface area contributed by atoms with E-state index in [1.807, 2.05) is 0 Å². The predicted octanol–water partition coefficient (Wildman–Crippen LogP) is 3.27. The van der Waals surface area contributed by atoms with Crippen LogP contribution < -0.4 is 0 Å². The van der Waals surface area contributed by atoms with E-state index in [9.17, 15) is 27.7 Å². The van der Waals surface area contributed by atoms with Crippen molar-refractivity contribution in [3.63, 3.8) is 0 Å². The van der Waals surface area contributed by atoms with E-state index in [0.29, 0.717) is 0 Å². The van der Waals surface area contributed by atoms with E-state index in [1.54, 1.807) is 0 Å². The summed E-state index contributed by atoms with van der Waals surface area (Å²) < 4.78 is 52.6. The Bertz CT molecular complexity index is 430. The van der Waals surface area contributed by atoms with Crippen LogP contribution in [0.15, 0.2) is 0 Å². The molecule has 0 aliphatic heterocycles. The van der Waals surface area contributed by atoms with Crippen molar-refractivity contribution in [2.24, 2.45) is 0 Å². The number of nitro groups is 1. The highest BCUT2D eigenvalue weighted by atomic mass is 19.2. The van der Waals surface area contributed by atoms with Gasteiger partial charge in [-0.15, -0.1) is 0 Å². The maximum Gasteiger partial charge on any atom is 0.346 e. The average Bonchev–Trinajstić information content (AvgIpc) is 2.14. The van der Waals surface area contributed by atoms with Gasteiger partial charge in [0.05, 0.1) is 4.92 Å². The van der Waals surface area contributed by atoms with Crippen LogP contribution in [0.1, 0.15) is 25.3 Å². The molecule has 0 saturated carbocycles. The molecule has 0 aliphatic carbocycles. The summed E-state index contributed by atoms with van der Waals surface area (Å²) in [6.07, 6.45) is 0. The second-order valence-electron chi connectivity index (χ2n) is 3.43. The van der Waals surface area contributed by atoms with Gasteiger partial charge in [-0.1, -0.05) is 13.8 Å². The van der Waals surface area contributed by atoms with Crippen molar-refractivity contribution in [1.82, 2.24) is 0 Å². The molecule has 0 unspecified atom stereocenters. The SMILES string of the molecule is CC(C)c1c(F)c(F)c([N+](=O)[O-])c(F)c1F. The van der Waals surface area contributed by atoms with Crippen LogP contribution in [0.3, 0.4) is 0 Å². The van der Waals surface area contributed by atoms with E-state index in [4.69, 9.17) is 0 Å².